The van der Waals surface area contributed by atoms with Crippen LogP contribution in [0, 0.1) is 11.2 Å². The van der Waals surface area contributed by atoms with E-state index < -0.39 is 17.7 Å². The first kappa shape index (κ1) is 33.1. The molecule has 0 aliphatic rings. The van der Waals surface area contributed by atoms with Crippen LogP contribution in [0.25, 0.3) is 0 Å². The fourth-order valence-corrected chi connectivity index (χ4v) is 4.76. The van der Waals surface area contributed by atoms with E-state index in [1.807, 2.05) is 26.2 Å². The van der Waals surface area contributed by atoms with Crippen LogP contribution in [-0.2, 0) is 4.74 Å². The van der Waals surface area contributed by atoms with Gasteiger partial charge in [0.1, 0.15) is 11.4 Å². The number of ether oxygens (including phenoxy) is 1. The van der Waals surface area contributed by atoms with Crippen molar-refractivity contribution in [3.63, 3.8) is 0 Å². The summed E-state index contributed by atoms with van der Waals surface area (Å²) in [5.74, 6) is -0.752. The van der Waals surface area contributed by atoms with E-state index in [0.29, 0.717) is 29.0 Å². The number of nitrogens with zero attached hydrogens (tertiary/aromatic N) is 1. The van der Waals surface area contributed by atoms with Gasteiger partial charge in [0, 0.05) is 17.8 Å². The van der Waals surface area contributed by atoms with Crippen LogP contribution < -0.4 is 21.3 Å². The smallest absolute Gasteiger partial charge is 0.412 e. The third kappa shape index (κ3) is 11.1. The molecule has 3 aromatic carbocycles. The highest BCUT2D eigenvalue weighted by molar-refractivity contribution is 6.06. The van der Waals surface area contributed by atoms with E-state index in [1.54, 1.807) is 57.2 Å². The lowest BCUT2D eigenvalue weighted by atomic mass is 9.83. The van der Waals surface area contributed by atoms with E-state index >= 15 is 0 Å². The normalized spacial score (nSPS) is 12.3. The Kier molecular flexibility index (Phi) is 10.9. The lowest BCUT2D eigenvalue weighted by molar-refractivity contribution is 0.0635. The number of rotatable bonds is 10. The summed E-state index contributed by atoms with van der Waals surface area (Å²) in [6.07, 6.45) is -0.00479. The topological polar surface area (TPSA) is 112 Å². The summed E-state index contributed by atoms with van der Waals surface area (Å²) in [6.45, 7) is 10.4. The molecule has 0 fully saturated rings. The lowest BCUT2D eigenvalue weighted by Gasteiger charge is -2.33. The van der Waals surface area contributed by atoms with E-state index in [1.165, 1.54) is 24.3 Å². The fraction of sp³-hybridized carbons (Fsp3) is 0.364. The maximum atomic E-state index is 13.3. The molecule has 0 aromatic heterocycles. The Bertz CT molecular complexity index is 1400. The monoisotopic (exact) mass is 591 g/mol. The minimum absolute atomic E-state index is 0.155. The van der Waals surface area contributed by atoms with E-state index in [9.17, 15) is 18.8 Å². The van der Waals surface area contributed by atoms with Crippen molar-refractivity contribution in [2.45, 2.75) is 52.7 Å². The summed E-state index contributed by atoms with van der Waals surface area (Å²) in [5.41, 5.74) is 1.70. The number of carbonyl (C=O) groups excluding carboxylic acids is 3. The molecule has 1 unspecified atom stereocenters. The molecule has 4 N–H and O–H groups in total. The van der Waals surface area contributed by atoms with Crippen LogP contribution in [0.1, 0.15) is 63.0 Å². The van der Waals surface area contributed by atoms with Crippen molar-refractivity contribution in [2.75, 3.05) is 36.6 Å². The number of urea groups is 1. The van der Waals surface area contributed by atoms with Gasteiger partial charge in [0.15, 0.2) is 0 Å². The van der Waals surface area contributed by atoms with Crippen molar-refractivity contribution < 1.29 is 23.5 Å². The molecular weight excluding hydrogens is 549 g/mol. The fourth-order valence-electron chi connectivity index (χ4n) is 4.76. The summed E-state index contributed by atoms with van der Waals surface area (Å²) in [4.78, 5) is 40.5. The summed E-state index contributed by atoms with van der Waals surface area (Å²) < 4.78 is 18.6. The number of hydrogen-bond donors (Lipinski definition) is 4. The first-order valence-electron chi connectivity index (χ1n) is 14.1. The Balaban J connectivity index is 1.76. The van der Waals surface area contributed by atoms with Gasteiger partial charge in [-0.2, -0.15) is 0 Å². The predicted molar refractivity (Wildman–Crippen MR) is 169 cm³/mol. The predicted octanol–water partition coefficient (Wildman–Crippen LogP) is 7.27. The zero-order valence-electron chi connectivity index (χ0n) is 25.9. The first-order chi connectivity index (χ1) is 20.1. The average molecular weight is 592 g/mol. The van der Waals surface area contributed by atoms with Crippen LogP contribution >= 0.6 is 0 Å². The summed E-state index contributed by atoms with van der Waals surface area (Å²) in [5, 5.41) is 11.3. The van der Waals surface area contributed by atoms with Crippen LogP contribution in [-0.4, -0.2) is 49.2 Å². The molecule has 9 nitrogen and oxygen atoms in total. The highest BCUT2D eigenvalue weighted by atomic mass is 19.1. The molecular formula is C33H42FN5O4. The summed E-state index contributed by atoms with van der Waals surface area (Å²) in [7, 11) is 4.00. The molecule has 0 spiro atoms. The second kappa shape index (κ2) is 14.2. The largest absolute Gasteiger partial charge is 0.444 e. The van der Waals surface area contributed by atoms with Crippen LogP contribution in [0.4, 0.5) is 31.0 Å². The van der Waals surface area contributed by atoms with Gasteiger partial charge in [0.2, 0.25) is 0 Å². The van der Waals surface area contributed by atoms with Gasteiger partial charge in [0.25, 0.3) is 5.91 Å². The van der Waals surface area contributed by atoms with Crippen molar-refractivity contribution in [1.82, 2.24) is 10.2 Å². The van der Waals surface area contributed by atoms with Gasteiger partial charge < -0.3 is 25.6 Å². The van der Waals surface area contributed by atoms with Crippen molar-refractivity contribution in [2.24, 2.45) is 5.41 Å². The second-order valence-electron chi connectivity index (χ2n) is 12.5. The SMILES string of the molecule is CN(C)CC(C)(C)CC(NC(=O)Nc1ccc(F)cc1)c1ccc(C(=O)Nc2ccccc2NC(=O)OC(C)(C)C)cc1. The van der Waals surface area contributed by atoms with Gasteiger partial charge in [-0.1, -0.05) is 38.1 Å². The lowest BCUT2D eigenvalue weighted by Crippen LogP contribution is -2.37. The van der Waals surface area contributed by atoms with Gasteiger partial charge in [0.05, 0.1) is 17.4 Å². The number of halogens is 1. The molecule has 43 heavy (non-hydrogen) atoms. The Labute approximate surface area is 253 Å². The molecule has 3 rings (SSSR count). The molecule has 0 saturated heterocycles. The number of benzene rings is 3. The zero-order chi connectivity index (χ0) is 31.8. The van der Waals surface area contributed by atoms with Gasteiger partial charge in [-0.15, -0.1) is 0 Å². The quantitative estimate of drug-likeness (QED) is 0.198. The Morgan fingerprint density at radius 3 is 1.95 bits per heavy atom. The van der Waals surface area contributed by atoms with E-state index in [4.69, 9.17) is 4.74 Å². The molecule has 0 bridgehead atoms. The standard InChI is InChI=1S/C33H42FN5O4/c1-32(2,3)43-31(42)38-27-11-9-8-10-26(27)36-29(40)23-14-12-22(13-15-23)28(20-33(4,5)21-39(6)7)37-30(41)35-25-18-16-24(34)17-19-25/h8-19,28H,20-21H2,1-7H3,(H,36,40)(H,38,42)(H2,35,37,41). The number of nitrogens with one attached hydrogen (secondary N) is 4. The molecule has 0 aliphatic heterocycles. The van der Waals surface area contributed by atoms with Crippen LogP contribution in [0.3, 0.4) is 0 Å². The van der Waals surface area contributed by atoms with Crippen molar-refractivity contribution in [3.8, 4) is 0 Å². The number of carbonyl (C=O) groups is 3. The molecule has 0 saturated carbocycles. The third-order valence-electron chi connectivity index (χ3n) is 6.29. The maximum absolute atomic E-state index is 13.3. The Hall–Kier alpha value is -4.44. The minimum atomic E-state index is -0.667. The van der Waals surface area contributed by atoms with Gasteiger partial charge in [-0.05, 0) is 101 Å². The Morgan fingerprint density at radius 2 is 1.40 bits per heavy atom. The molecule has 1 atom stereocenters. The molecule has 10 heteroatoms. The van der Waals surface area contributed by atoms with Crippen molar-refractivity contribution >= 4 is 35.1 Å². The molecule has 0 radical (unpaired) electrons. The minimum Gasteiger partial charge on any atom is -0.444 e. The highest BCUT2D eigenvalue weighted by Crippen LogP contribution is 2.31. The number of hydrogen-bond acceptors (Lipinski definition) is 5. The molecule has 0 aliphatic carbocycles. The number of amides is 4. The summed E-state index contributed by atoms with van der Waals surface area (Å²) in [6, 6.07) is 18.6. The van der Waals surface area contributed by atoms with E-state index in [2.05, 4.69) is 40.0 Å². The van der Waals surface area contributed by atoms with E-state index in [0.717, 1.165) is 12.1 Å². The molecule has 230 valence electrons. The molecule has 3 aromatic rings. The van der Waals surface area contributed by atoms with Gasteiger partial charge >= 0.3 is 12.1 Å². The zero-order valence-corrected chi connectivity index (χ0v) is 25.9. The van der Waals surface area contributed by atoms with E-state index in [-0.39, 0.29) is 23.2 Å². The highest BCUT2D eigenvalue weighted by Gasteiger charge is 2.27. The molecule has 4 amide bonds. The van der Waals surface area contributed by atoms with Crippen molar-refractivity contribution in [3.05, 3.63) is 89.7 Å². The van der Waals surface area contributed by atoms with Gasteiger partial charge in [-0.25, -0.2) is 14.0 Å². The van der Waals surface area contributed by atoms with Crippen LogP contribution in [0.15, 0.2) is 72.8 Å². The first-order valence-corrected chi connectivity index (χ1v) is 14.1. The summed E-state index contributed by atoms with van der Waals surface area (Å²) >= 11 is 0. The third-order valence-corrected chi connectivity index (χ3v) is 6.29. The van der Waals surface area contributed by atoms with Gasteiger partial charge in [-0.3, -0.25) is 10.1 Å². The number of anilines is 3. The Morgan fingerprint density at radius 1 is 0.814 bits per heavy atom. The molecule has 0 heterocycles. The van der Waals surface area contributed by atoms with Crippen molar-refractivity contribution in [1.29, 1.82) is 0 Å². The second-order valence-corrected chi connectivity index (χ2v) is 12.5. The average Bonchev–Trinajstić information content (AvgIpc) is 2.89. The van der Waals surface area contributed by atoms with Crippen LogP contribution in [0.2, 0.25) is 0 Å². The maximum Gasteiger partial charge on any atom is 0.412 e. The number of para-hydroxylation sites is 2. The van der Waals surface area contributed by atoms with Crippen LogP contribution in [0.5, 0.6) is 0 Å².